The van der Waals surface area contributed by atoms with Crippen molar-refractivity contribution in [3.8, 4) is 0 Å². The summed E-state index contributed by atoms with van der Waals surface area (Å²) < 4.78 is 54.9. The molecule has 1 aromatic heterocycles. The van der Waals surface area contributed by atoms with Crippen LogP contribution in [0.1, 0.15) is 38.8 Å². The first-order valence-electron chi connectivity index (χ1n) is 8.06. The predicted molar refractivity (Wildman–Crippen MR) is 104 cm³/mol. The number of sulfonamides is 2. The monoisotopic (exact) mass is 461 g/mol. The van der Waals surface area contributed by atoms with E-state index in [-0.39, 0.29) is 52.5 Å². The van der Waals surface area contributed by atoms with Crippen LogP contribution in [0, 0.1) is 0 Å². The number of fused-ring (bicyclic) bond motifs is 1. The lowest BCUT2D eigenvalue weighted by molar-refractivity contribution is -0.147. The first-order valence-corrected chi connectivity index (χ1v) is 11.9. The molecule has 1 aliphatic heterocycles. The average Bonchev–Trinajstić information content (AvgIpc) is 2.95. The number of primary sulfonamides is 1. The van der Waals surface area contributed by atoms with Crippen LogP contribution in [0.5, 0.6) is 0 Å². The fraction of sp³-hybridized carbons (Fsp3) is 0.643. The van der Waals surface area contributed by atoms with E-state index in [4.69, 9.17) is 9.88 Å². The van der Waals surface area contributed by atoms with Gasteiger partial charge in [0.15, 0.2) is 0 Å². The number of halogens is 1. The van der Waals surface area contributed by atoms with Gasteiger partial charge in [-0.3, -0.25) is 4.79 Å². The molecule has 0 saturated carbocycles. The van der Waals surface area contributed by atoms with Crippen LogP contribution in [-0.4, -0.2) is 52.8 Å². The zero-order valence-electron chi connectivity index (χ0n) is 15.2. The van der Waals surface area contributed by atoms with Crippen LogP contribution in [0.4, 0.5) is 0 Å². The summed E-state index contributed by atoms with van der Waals surface area (Å²) in [6, 6.07) is 0.927. The Labute approximate surface area is 169 Å². The fourth-order valence-corrected chi connectivity index (χ4v) is 6.91. The SMILES string of the molecule is CCN[C@H]1CN(CCC(=O)OC(C)C)S(=O)(=O)c2sc(S(N)(=O)=O)cc21.Cl. The molecule has 156 valence electrons. The molecule has 1 aliphatic rings. The van der Waals surface area contributed by atoms with Gasteiger partial charge < -0.3 is 10.1 Å². The number of rotatable bonds is 7. The molecular formula is C14H24ClN3O6S3. The van der Waals surface area contributed by atoms with E-state index in [0.29, 0.717) is 23.4 Å². The van der Waals surface area contributed by atoms with Crippen molar-refractivity contribution in [3.05, 3.63) is 11.6 Å². The molecule has 2 heterocycles. The van der Waals surface area contributed by atoms with Gasteiger partial charge in [0.05, 0.1) is 12.5 Å². The van der Waals surface area contributed by atoms with Crippen molar-refractivity contribution in [1.82, 2.24) is 9.62 Å². The van der Waals surface area contributed by atoms with Crippen LogP contribution in [-0.2, 0) is 29.6 Å². The summed E-state index contributed by atoms with van der Waals surface area (Å²) >= 11 is 0.629. The molecule has 0 unspecified atom stereocenters. The second-order valence-electron chi connectivity index (χ2n) is 6.12. The summed E-state index contributed by atoms with van der Waals surface area (Å²) in [6.07, 6.45) is -0.366. The maximum Gasteiger partial charge on any atom is 0.307 e. The van der Waals surface area contributed by atoms with Crippen LogP contribution in [0.3, 0.4) is 0 Å². The molecule has 0 saturated heterocycles. The van der Waals surface area contributed by atoms with Crippen molar-refractivity contribution in [2.45, 2.75) is 47.8 Å². The average molecular weight is 462 g/mol. The van der Waals surface area contributed by atoms with Crippen LogP contribution < -0.4 is 10.5 Å². The van der Waals surface area contributed by atoms with Crippen molar-refractivity contribution < 1.29 is 26.4 Å². The van der Waals surface area contributed by atoms with Gasteiger partial charge in [-0.2, -0.15) is 4.31 Å². The Hall–Kier alpha value is -0.760. The molecule has 9 nitrogen and oxygen atoms in total. The van der Waals surface area contributed by atoms with Crippen molar-refractivity contribution in [1.29, 1.82) is 0 Å². The minimum absolute atomic E-state index is 0. The predicted octanol–water partition coefficient (Wildman–Crippen LogP) is 0.814. The number of hydrogen-bond acceptors (Lipinski definition) is 8. The second kappa shape index (κ2) is 9.16. The van der Waals surface area contributed by atoms with Crippen LogP contribution >= 0.6 is 23.7 Å². The molecule has 0 bridgehead atoms. The minimum Gasteiger partial charge on any atom is -0.463 e. The maximum absolute atomic E-state index is 12.8. The van der Waals surface area contributed by atoms with Gasteiger partial charge in [0.2, 0.25) is 10.0 Å². The summed E-state index contributed by atoms with van der Waals surface area (Å²) in [6.45, 7) is 5.90. The zero-order chi connectivity index (χ0) is 19.7. The number of carbonyl (C=O) groups is 1. The summed E-state index contributed by atoms with van der Waals surface area (Å²) in [5, 5.41) is 8.29. The number of nitrogens with zero attached hydrogens (tertiary/aromatic N) is 1. The summed E-state index contributed by atoms with van der Waals surface area (Å²) in [7, 11) is -7.92. The van der Waals surface area contributed by atoms with E-state index in [9.17, 15) is 21.6 Å². The third-order valence-electron chi connectivity index (χ3n) is 3.70. The summed E-state index contributed by atoms with van der Waals surface area (Å²) in [4.78, 5) is 11.7. The van der Waals surface area contributed by atoms with Crippen molar-refractivity contribution in [2.24, 2.45) is 5.14 Å². The fourth-order valence-electron chi connectivity index (χ4n) is 2.64. The lowest BCUT2D eigenvalue weighted by atomic mass is 10.1. The zero-order valence-corrected chi connectivity index (χ0v) is 18.4. The highest BCUT2D eigenvalue weighted by Gasteiger charge is 2.39. The van der Waals surface area contributed by atoms with Gasteiger partial charge in [-0.15, -0.1) is 23.7 Å². The van der Waals surface area contributed by atoms with E-state index in [1.807, 2.05) is 6.92 Å². The van der Waals surface area contributed by atoms with Gasteiger partial charge in [0.1, 0.15) is 8.42 Å². The molecule has 2 rings (SSSR count). The lowest BCUT2D eigenvalue weighted by Gasteiger charge is -2.32. The molecule has 0 aliphatic carbocycles. The number of ether oxygens (including phenoxy) is 1. The Balaban J connectivity index is 0.00000364. The van der Waals surface area contributed by atoms with E-state index >= 15 is 0 Å². The van der Waals surface area contributed by atoms with Crippen molar-refractivity contribution >= 4 is 49.8 Å². The molecule has 0 amide bonds. The Kier molecular flexibility index (Phi) is 8.24. The van der Waals surface area contributed by atoms with E-state index in [1.165, 1.54) is 10.4 Å². The van der Waals surface area contributed by atoms with Crippen LogP contribution in [0.2, 0.25) is 0 Å². The first-order chi connectivity index (χ1) is 12.0. The van der Waals surface area contributed by atoms with Crippen LogP contribution in [0.25, 0.3) is 0 Å². The normalized spacial score (nSPS) is 19.4. The first kappa shape index (κ1) is 24.3. The van der Waals surface area contributed by atoms with Crippen LogP contribution in [0.15, 0.2) is 14.5 Å². The molecule has 27 heavy (non-hydrogen) atoms. The number of esters is 1. The smallest absolute Gasteiger partial charge is 0.307 e. The third-order valence-corrected chi connectivity index (χ3v) is 8.66. The lowest BCUT2D eigenvalue weighted by Crippen LogP contribution is -2.44. The van der Waals surface area contributed by atoms with Gasteiger partial charge in [0, 0.05) is 24.7 Å². The van der Waals surface area contributed by atoms with Gasteiger partial charge in [-0.1, -0.05) is 6.92 Å². The Morgan fingerprint density at radius 1 is 1.48 bits per heavy atom. The van der Waals surface area contributed by atoms with Crippen molar-refractivity contribution in [2.75, 3.05) is 19.6 Å². The molecule has 0 radical (unpaired) electrons. The Morgan fingerprint density at radius 2 is 2.11 bits per heavy atom. The number of nitrogens with one attached hydrogen (secondary N) is 1. The highest BCUT2D eigenvalue weighted by atomic mass is 35.5. The number of carbonyl (C=O) groups excluding carboxylic acids is 1. The topological polar surface area (TPSA) is 136 Å². The van der Waals surface area contributed by atoms with Gasteiger partial charge in [-0.25, -0.2) is 22.0 Å². The second-order valence-corrected chi connectivity index (χ2v) is 11.1. The quantitative estimate of drug-likeness (QED) is 0.573. The molecule has 0 spiro atoms. The summed E-state index contributed by atoms with van der Waals surface area (Å²) in [5.41, 5.74) is 0.391. The molecular weight excluding hydrogens is 438 g/mol. The standard InChI is InChI=1S/C14H23N3O6S3.ClH/c1-4-16-11-8-17(6-5-12(18)23-9(2)3)26(21,22)14-10(11)7-13(24-14)25(15,19)20;/h7,9,11,16H,4-6,8H2,1-3H3,(H2,15,19,20);1H/t11-;/m0./s1. The number of thiophene rings is 1. The van der Waals surface area contributed by atoms with E-state index in [0.717, 1.165) is 0 Å². The van der Waals surface area contributed by atoms with E-state index < -0.39 is 26.0 Å². The van der Waals surface area contributed by atoms with E-state index in [1.54, 1.807) is 13.8 Å². The van der Waals surface area contributed by atoms with Crippen molar-refractivity contribution in [3.63, 3.8) is 0 Å². The third kappa shape index (κ3) is 5.62. The number of likely N-dealkylation sites (N-methyl/N-ethyl adjacent to an activating group) is 1. The highest BCUT2D eigenvalue weighted by Crippen LogP contribution is 2.39. The number of hydrogen-bond donors (Lipinski definition) is 2. The molecule has 0 fully saturated rings. The summed E-state index contributed by atoms with van der Waals surface area (Å²) in [5.74, 6) is -0.489. The molecule has 1 atom stereocenters. The number of nitrogens with two attached hydrogens (primary N) is 1. The minimum atomic E-state index is -4.01. The van der Waals surface area contributed by atoms with E-state index in [2.05, 4.69) is 5.32 Å². The molecule has 13 heteroatoms. The highest BCUT2D eigenvalue weighted by molar-refractivity contribution is 7.94. The molecule has 1 aromatic rings. The maximum atomic E-state index is 12.8. The van der Waals surface area contributed by atoms with Gasteiger partial charge >= 0.3 is 5.97 Å². The van der Waals surface area contributed by atoms with Gasteiger partial charge in [-0.05, 0) is 26.5 Å². The van der Waals surface area contributed by atoms with Gasteiger partial charge in [0.25, 0.3) is 10.0 Å². The molecule has 0 aromatic carbocycles. The largest absolute Gasteiger partial charge is 0.463 e. The Bertz CT molecular complexity index is 882. The Morgan fingerprint density at radius 3 is 2.63 bits per heavy atom. The molecule has 3 N–H and O–H groups in total.